The summed E-state index contributed by atoms with van der Waals surface area (Å²) < 4.78 is 6.83. The number of piperidine rings is 1. The SMILES string of the molecule is CCOC(=O)C1CCN(c2ccn3nccc3n2)CC1. The minimum absolute atomic E-state index is 0.0323. The summed E-state index contributed by atoms with van der Waals surface area (Å²) in [6, 6.07) is 3.85. The van der Waals surface area contributed by atoms with Crippen molar-refractivity contribution in [2.45, 2.75) is 19.8 Å². The predicted octanol–water partition coefficient (Wildman–Crippen LogP) is 1.51. The topological polar surface area (TPSA) is 59.7 Å². The lowest BCUT2D eigenvalue weighted by Crippen LogP contribution is -2.37. The molecule has 1 fully saturated rings. The predicted molar refractivity (Wildman–Crippen MR) is 74.6 cm³/mol. The molecule has 0 amide bonds. The molecule has 1 saturated heterocycles. The Balaban J connectivity index is 1.66. The molecule has 2 aromatic rings. The van der Waals surface area contributed by atoms with Gasteiger partial charge in [-0.3, -0.25) is 4.79 Å². The Morgan fingerprint density at radius 1 is 1.40 bits per heavy atom. The van der Waals surface area contributed by atoms with E-state index in [-0.39, 0.29) is 11.9 Å². The fraction of sp³-hybridized carbons (Fsp3) is 0.500. The molecule has 0 atom stereocenters. The van der Waals surface area contributed by atoms with Crippen LogP contribution in [0.5, 0.6) is 0 Å². The molecule has 1 aliphatic heterocycles. The maximum atomic E-state index is 11.7. The smallest absolute Gasteiger partial charge is 0.309 e. The average molecular weight is 274 g/mol. The highest BCUT2D eigenvalue weighted by Gasteiger charge is 2.26. The van der Waals surface area contributed by atoms with Crippen molar-refractivity contribution in [2.24, 2.45) is 5.92 Å². The van der Waals surface area contributed by atoms with E-state index in [1.54, 1.807) is 10.7 Å². The van der Waals surface area contributed by atoms with Gasteiger partial charge >= 0.3 is 5.97 Å². The van der Waals surface area contributed by atoms with Crippen LogP contribution in [-0.4, -0.2) is 40.3 Å². The van der Waals surface area contributed by atoms with E-state index >= 15 is 0 Å². The lowest BCUT2D eigenvalue weighted by Gasteiger charge is -2.31. The molecule has 0 bridgehead atoms. The Morgan fingerprint density at radius 3 is 2.95 bits per heavy atom. The molecule has 3 heterocycles. The van der Waals surface area contributed by atoms with E-state index in [1.165, 1.54) is 0 Å². The van der Waals surface area contributed by atoms with Gasteiger partial charge in [0.2, 0.25) is 0 Å². The van der Waals surface area contributed by atoms with Crippen LogP contribution in [0.3, 0.4) is 0 Å². The largest absolute Gasteiger partial charge is 0.466 e. The normalized spacial score (nSPS) is 16.6. The molecule has 6 heteroatoms. The van der Waals surface area contributed by atoms with Gasteiger partial charge in [-0.15, -0.1) is 0 Å². The van der Waals surface area contributed by atoms with Gasteiger partial charge in [-0.1, -0.05) is 0 Å². The van der Waals surface area contributed by atoms with Crippen LogP contribution in [-0.2, 0) is 9.53 Å². The number of hydrogen-bond donors (Lipinski definition) is 0. The lowest BCUT2D eigenvalue weighted by molar-refractivity contribution is -0.148. The first kappa shape index (κ1) is 12.9. The summed E-state index contributed by atoms with van der Waals surface area (Å²) in [7, 11) is 0. The fourth-order valence-corrected chi connectivity index (χ4v) is 2.58. The Bertz CT molecular complexity index is 602. The second kappa shape index (κ2) is 5.48. The molecule has 0 N–H and O–H groups in total. The van der Waals surface area contributed by atoms with Crippen LogP contribution < -0.4 is 4.90 Å². The van der Waals surface area contributed by atoms with E-state index in [0.29, 0.717) is 6.61 Å². The molecule has 2 aromatic heterocycles. The van der Waals surface area contributed by atoms with Crippen LogP contribution in [0.2, 0.25) is 0 Å². The van der Waals surface area contributed by atoms with Crippen LogP contribution in [0.15, 0.2) is 24.5 Å². The molecule has 6 nitrogen and oxygen atoms in total. The van der Waals surface area contributed by atoms with Crippen molar-refractivity contribution in [3.05, 3.63) is 24.5 Å². The number of esters is 1. The number of carbonyl (C=O) groups is 1. The number of carbonyl (C=O) groups excluding carboxylic acids is 1. The summed E-state index contributed by atoms with van der Waals surface area (Å²) in [6.45, 7) is 3.97. The Hall–Kier alpha value is -2.11. The summed E-state index contributed by atoms with van der Waals surface area (Å²) in [5.74, 6) is 0.913. The van der Waals surface area contributed by atoms with Crippen molar-refractivity contribution in [1.82, 2.24) is 14.6 Å². The van der Waals surface area contributed by atoms with Gasteiger partial charge in [0.15, 0.2) is 5.65 Å². The van der Waals surface area contributed by atoms with Crippen molar-refractivity contribution >= 4 is 17.4 Å². The summed E-state index contributed by atoms with van der Waals surface area (Å²) in [5, 5.41) is 4.14. The highest BCUT2D eigenvalue weighted by molar-refractivity contribution is 5.72. The third-order valence-electron chi connectivity index (χ3n) is 3.68. The average Bonchev–Trinajstić information content (AvgIpc) is 2.95. The maximum Gasteiger partial charge on any atom is 0.309 e. The van der Waals surface area contributed by atoms with Gasteiger partial charge in [-0.25, -0.2) is 9.50 Å². The first-order valence-corrected chi connectivity index (χ1v) is 7.00. The van der Waals surface area contributed by atoms with Crippen molar-refractivity contribution in [3.8, 4) is 0 Å². The lowest BCUT2D eigenvalue weighted by atomic mass is 9.97. The molecule has 0 saturated carbocycles. The van der Waals surface area contributed by atoms with Crippen molar-refractivity contribution in [3.63, 3.8) is 0 Å². The van der Waals surface area contributed by atoms with Gasteiger partial charge in [0.25, 0.3) is 0 Å². The zero-order valence-electron chi connectivity index (χ0n) is 11.5. The molecule has 20 heavy (non-hydrogen) atoms. The number of fused-ring (bicyclic) bond motifs is 1. The molecule has 0 unspecified atom stereocenters. The van der Waals surface area contributed by atoms with E-state index in [9.17, 15) is 4.79 Å². The maximum absolute atomic E-state index is 11.7. The van der Waals surface area contributed by atoms with Crippen molar-refractivity contribution in [1.29, 1.82) is 0 Å². The molecular weight excluding hydrogens is 256 g/mol. The zero-order valence-corrected chi connectivity index (χ0v) is 11.5. The molecule has 0 radical (unpaired) electrons. The molecule has 0 spiro atoms. The van der Waals surface area contributed by atoms with Gasteiger partial charge in [0.05, 0.1) is 18.7 Å². The van der Waals surface area contributed by atoms with Gasteiger partial charge < -0.3 is 9.64 Å². The monoisotopic (exact) mass is 274 g/mol. The molecule has 1 aliphatic rings. The van der Waals surface area contributed by atoms with Crippen LogP contribution in [0.4, 0.5) is 5.82 Å². The van der Waals surface area contributed by atoms with Crippen molar-refractivity contribution < 1.29 is 9.53 Å². The number of rotatable bonds is 3. The molecule has 0 aromatic carbocycles. The van der Waals surface area contributed by atoms with E-state index in [1.807, 2.05) is 25.3 Å². The van der Waals surface area contributed by atoms with Gasteiger partial charge in [-0.05, 0) is 25.8 Å². The second-order valence-corrected chi connectivity index (χ2v) is 4.93. The number of ether oxygens (including phenoxy) is 1. The minimum atomic E-state index is -0.0636. The minimum Gasteiger partial charge on any atom is -0.466 e. The van der Waals surface area contributed by atoms with Crippen molar-refractivity contribution in [2.75, 3.05) is 24.6 Å². The Kier molecular flexibility index (Phi) is 3.54. The van der Waals surface area contributed by atoms with E-state index in [2.05, 4.69) is 15.0 Å². The quantitative estimate of drug-likeness (QED) is 0.794. The van der Waals surface area contributed by atoms with Crippen LogP contribution in [0, 0.1) is 5.92 Å². The van der Waals surface area contributed by atoms with Gasteiger partial charge in [0, 0.05) is 25.4 Å². The second-order valence-electron chi connectivity index (χ2n) is 4.93. The zero-order chi connectivity index (χ0) is 13.9. The van der Waals surface area contributed by atoms with E-state index < -0.39 is 0 Å². The Labute approximate surface area is 117 Å². The number of nitrogens with zero attached hydrogens (tertiary/aromatic N) is 4. The first-order valence-electron chi connectivity index (χ1n) is 7.00. The molecule has 3 rings (SSSR count). The highest BCUT2D eigenvalue weighted by atomic mass is 16.5. The van der Waals surface area contributed by atoms with Gasteiger partial charge in [0.1, 0.15) is 5.82 Å². The summed E-state index contributed by atoms with van der Waals surface area (Å²) >= 11 is 0. The molecular formula is C14H18N4O2. The summed E-state index contributed by atoms with van der Waals surface area (Å²) in [4.78, 5) is 18.5. The van der Waals surface area contributed by atoms with E-state index in [0.717, 1.165) is 37.4 Å². The fourth-order valence-electron chi connectivity index (χ4n) is 2.58. The van der Waals surface area contributed by atoms with Gasteiger partial charge in [-0.2, -0.15) is 5.10 Å². The number of anilines is 1. The summed E-state index contributed by atoms with van der Waals surface area (Å²) in [6.07, 6.45) is 5.30. The Morgan fingerprint density at radius 2 is 2.20 bits per heavy atom. The summed E-state index contributed by atoms with van der Waals surface area (Å²) in [5.41, 5.74) is 0.843. The van der Waals surface area contributed by atoms with Crippen LogP contribution in [0.1, 0.15) is 19.8 Å². The van der Waals surface area contributed by atoms with Crippen LogP contribution in [0.25, 0.3) is 5.65 Å². The molecule has 0 aliphatic carbocycles. The highest BCUT2D eigenvalue weighted by Crippen LogP contribution is 2.23. The standard InChI is InChI=1S/C14H18N4O2/c1-2-20-14(19)11-4-8-17(9-5-11)12-6-10-18-13(16-12)3-7-15-18/h3,6-7,10-11H,2,4-5,8-9H2,1H3. The third kappa shape index (κ3) is 2.45. The van der Waals surface area contributed by atoms with Crippen LogP contribution >= 0.6 is 0 Å². The number of hydrogen-bond acceptors (Lipinski definition) is 5. The van der Waals surface area contributed by atoms with E-state index in [4.69, 9.17) is 4.74 Å². The first-order chi connectivity index (χ1) is 9.78. The third-order valence-corrected chi connectivity index (χ3v) is 3.68. The number of aromatic nitrogens is 3. The molecule has 106 valence electrons.